The molecule has 0 bridgehead atoms. The van der Waals surface area contributed by atoms with Gasteiger partial charge in [0.15, 0.2) is 5.96 Å². The summed E-state index contributed by atoms with van der Waals surface area (Å²) in [5.41, 5.74) is 6.33. The number of carbonyl (C=O) groups excluding carboxylic acids is 1. The Morgan fingerprint density at radius 3 is 2.85 bits per heavy atom. The first kappa shape index (κ1) is 14.7. The molecule has 1 aliphatic carbocycles. The minimum absolute atomic E-state index is 0.195. The van der Waals surface area contributed by atoms with E-state index < -0.39 is 0 Å². The smallest absolute Gasteiger partial charge is 0.252 e. The highest BCUT2D eigenvalue weighted by molar-refractivity contribution is 6.33. The molecule has 1 amide bonds. The van der Waals surface area contributed by atoms with Crippen molar-refractivity contribution in [3.63, 3.8) is 0 Å². The summed E-state index contributed by atoms with van der Waals surface area (Å²) < 4.78 is 0. The third kappa shape index (κ3) is 3.87. The van der Waals surface area contributed by atoms with E-state index in [9.17, 15) is 4.79 Å². The standard InChI is InChI=1S/C14H19ClN4O/c1-19(10-6-7-10)14(16)18-9-8-17-13(20)11-4-2-3-5-12(11)15/h2-5,10H,6-9H2,1H3,(H2,16,18)(H,17,20). The highest BCUT2D eigenvalue weighted by Gasteiger charge is 2.27. The van der Waals surface area contributed by atoms with Gasteiger partial charge in [-0.2, -0.15) is 0 Å². The second-order valence-electron chi connectivity index (χ2n) is 4.82. The molecule has 0 atom stereocenters. The first-order valence-electron chi connectivity index (χ1n) is 6.65. The molecule has 0 aliphatic heterocycles. The second kappa shape index (κ2) is 6.61. The summed E-state index contributed by atoms with van der Waals surface area (Å²) in [5.74, 6) is 0.333. The zero-order valence-corrected chi connectivity index (χ0v) is 12.2. The zero-order valence-electron chi connectivity index (χ0n) is 11.5. The van der Waals surface area contributed by atoms with E-state index in [0.717, 1.165) is 0 Å². The van der Waals surface area contributed by atoms with Gasteiger partial charge in [-0.25, -0.2) is 0 Å². The number of hydrogen-bond donors (Lipinski definition) is 2. The highest BCUT2D eigenvalue weighted by Crippen LogP contribution is 2.24. The lowest BCUT2D eigenvalue weighted by Gasteiger charge is -2.16. The molecular weight excluding hydrogens is 276 g/mol. The number of nitrogens with two attached hydrogens (primary N) is 1. The molecule has 3 N–H and O–H groups in total. The molecular formula is C14H19ClN4O. The Hall–Kier alpha value is -1.75. The molecule has 0 spiro atoms. The predicted molar refractivity (Wildman–Crippen MR) is 81.1 cm³/mol. The van der Waals surface area contributed by atoms with Gasteiger partial charge in [0.1, 0.15) is 0 Å². The number of aliphatic imine (C=N–C) groups is 1. The lowest BCUT2D eigenvalue weighted by molar-refractivity contribution is 0.0955. The van der Waals surface area contributed by atoms with Crippen molar-refractivity contribution in [2.45, 2.75) is 18.9 Å². The number of halogens is 1. The molecule has 1 fully saturated rings. The van der Waals surface area contributed by atoms with Crippen LogP contribution in [0.15, 0.2) is 29.3 Å². The van der Waals surface area contributed by atoms with Crippen LogP contribution in [0.25, 0.3) is 0 Å². The molecule has 1 saturated carbocycles. The van der Waals surface area contributed by atoms with Gasteiger partial charge in [-0.1, -0.05) is 23.7 Å². The predicted octanol–water partition coefficient (Wildman–Crippen LogP) is 1.48. The monoisotopic (exact) mass is 294 g/mol. The van der Waals surface area contributed by atoms with Gasteiger partial charge in [0.25, 0.3) is 5.91 Å². The average Bonchev–Trinajstić information content (AvgIpc) is 3.27. The van der Waals surface area contributed by atoms with E-state index in [1.54, 1.807) is 24.3 Å². The summed E-state index contributed by atoms with van der Waals surface area (Å²) in [6.45, 7) is 0.891. The molecule has 0 unspecified atom stereocenters. The first-order chi connectivity index (χ1) is 9.59. The fraction of sp³-hybridized carbons (Fsp3) is 0.429. The highest BCUT2D eigenvalue weighted by atomic mass is 35.5. The maximum Gasteiger partial charge on any atom is 0.252 e. The van der Waals surface area contributed by atoms with Gasteiger partial charge in [0.2, 0.25) is 0 Å². The number of hydrogen-bond acceptors (Lipinski definition) is 2. The number of benzene rings is 1. The van der Waals surface area contributed by atoms with Crippen LogP contribution in [0.1, 0.15) is 23.2 Å². The van der Waals surface area contributed by atoms with Crippen LogP contribution < -0.4 is 11.1 Å². The molecule has 0 radical (unpaired) electrons. The van der Waals surface area contributed by atoms with Crippen LogP contribution in [0, 0.1) is 0 Å². The molecule has 1 aromatic rings. The van der Waals surface area contributed by atoms with Crippen LogP contribution in [-0.4, -0.2) is 42.9 Å². The third-order valence-electron chi connectivity index (χ3n) is 3.25. The number of amides is 1. The summed E-state index contributed by atoms with van der Waals surface area (Å²) in [5, 5.41) is 3.22. The van der Waals surface area contributed by atoms with E-state index in [4.69, 9.17) is 17.3 Å². The molecule has 0 saturated heterocycles. The third-order valence-corrected chi connectivity index (χ3v) is 3.58. The lowest BCUT2D eigenvalue weighted by Crippen LogP contribution is -2.36. The van der Waals surface area contributed by atoms with Crippen LogP contribution in [0.3, 0.4) is 0 Å². The largest absolute Gasteiger partial charge is 0.370 e. The van der Waals surface area contributed by atoms with E-state index in [1.807, 2.05) is 11.9 Å². The van der Waals surface area contributed by atoms with Crippen molar-refractivity contribution in [3.05, 3.63) is 34.9 Å². The quantitative estimate of drug-likeness (QED) is 0.491. The van der Waals surface area contributed by atoms with E-state index in [2.05, 4.69) is 10.3 Å². The van der Waals surface area contributed by atoms with Crippen LogP contribution in [0.2, 0.25) is 5.02 Å². The molecule has 2 rings (SSSR count). The molecule has 0 heterocycles. The summed E-state index contributed by atoms with van der Waals surface area (Å²) in [6.07, 6.45) is 2.35. The Bertz CT molecular complexity index is 514. The normalized spacial score (nSPS) is 15.0. The number of carbonyl (C=O) groups is 1. The zero-order chi connectivity index (χ0) is 14.5. The summed E-state index contributed by atoms with van der Waals surface area (Å²) in [4.78, 5) is 18.1. The number of nitrogens with zero attached hydrogens (tertiary/aromatic N) is 2. The van der Waals surface area contributed by atoms with Crippen molar-refractivity contribution < 1.29 is 4.79 Å². The van der Waals surface area contributed by atoms with Gasteiger partial charge in [0, 0.05) is 19.6 Å². The van der Waals surface area contributed by atoms with Gasteiger partial charge < -0.3 is 16.0 Å². The average molecular weight is 295 g/mol. The summed E-state index contributed by atoms with van der Waals surface area (Å²) >= 11 is 5.95. The van der Waals surface area contributed by atoms with Gasteiger partial charge in [-0.15, -0.1) is 0 Å². The Kier molecular flexibility index (Phi) is 4.84. The van der Waals surface area contributed by atoms with Gasteiger partial charge in [0.05, 0.1) is 17.1 Å². The van der Waals surface area contributed by atoms with E-state index in [1.165, 1.54) is 12.8 Å². The SMILES string of the molecule is CN(C(N)=NCCNC(=O)c1ccccc1Cl)C1CC1. The van der Waals surface area contributed by atoms with Crippen LogP contribution in [0.4, 0.5) is 0 Å². The second-order valence-corrected chi connectivity index (χ2v) is 5.22. The number of rotatable bonds is 5. The van der Waals surface area contributed by atoms with Crippen molar-refractivity contribution in [2.75, 3.05) is 20.1 Å². The minimum Gasteiger partial charge on any atom is -0.370 e. The Labute approximate surface area is 123 Å². The van der Waals surface area contributed by atoms with E-state index in [-0.39, 0.29) is 5.91 Å². The van der Waals surface area contributed by atoms with Gasteiger partial charge in [-0.05, 0) is 25.0 Å². The van der Waals surface area contributed by atoms with Crippen molar-refractivity contribution in [3.8, 4) is 0 Å². The Morgan fingerprint density at radius 2 is 2.20 bits per heavy atom. The molecule has 5 nitrogen and oxygen atoms in total. The molecule has 0 aromatic heterocycles. The number of guanidine groups is 1. The maximum absolute atomic E-state index is 11.9. The van der Waals surface area contributed by atoms with Crippen molar-refractivity contribution in [1.82, 2.24) is 10.2 Å². The Balaban J connectivity index is 1.77. The first-order valence-corrected chi connectivity index (χ1v) is 7.03. The topological polar surface area (TPSA) is 70.7 Å². The summed E-state index contributed by atoms with van der Waals surface area (Å²) in [7, 11) is 1.94. The van der Waals surface area contributed by atoms with E-state index in [0.29, 0.717) is 35.7 Å². The van der Waals surface area contributed by atoms with Gasteiger partial charge in [-0.3, -0.25) is 9.79 Å². The van der Waals surface area contributed by atoms with Crippen LogP contribution in [-0.2, 0) is 0 Å². The molecule has 108 valence electrons. The van der Waals surface area contributed by atoms with Gasteiger partial charge >= 0.3 is 0 Å². The summed E-state index contributed by atoms with van der Waals surface area (Å²) in [6, 6.07) is 7.49. The van der Waals surface area contributed by atoms with Crippen molar-refractivity contribution >= 4 is 23.5 Å². The molecule has 6 heteroatoms. The molecule has 1 aromatic carbocycles. The lowest BCUT2D eigenvalue weighted by atomic mass is 10.2. The fourth-order valence-corrected chi connectivity index (χ4v) is 2.06. The number of nitrogens with one attached hydrogen (secondary N) is 1. The van der Waals surface area contributed by atoms with Crippen LogP contribution in [0.5, 0.6) is 0 Å². The van der Waals surface area contributed by atoms with Crippen molar-refractivity contribution in [2.24, 2.45) is 10.7 Å². The fourth-order valence-electron chi connectivity index (χ4n) is 1.84. The van der Waals surface area contributed by atoms with Crippen molar-refractivity contribution in [1.29, 1.82) is 0 Å². The van der Waals surface area contributed by atoms with Crippen LogP contribution >= 0.6 is 11.6 Å². The molecule has 20 heavy (non-hydrogen) atoms. The maximum atomic E-state index is 11.9. The Morgan fingerprint density at radius 1 is 1.50 bits per heavy atom. The van der Waals surface area contributed by atoms with E-state index >= 15 is 0 Å². The molecule has 1 aliphatic rings. The minimum atomic E-state index is -0.195.